The van der Waals surface area contributed by atoms with Gasteiger partial charge in [-0.25, -0.2) is 0 Å². The van der Waals surface area contributed by atoms with Gasteiger partial charge in [0.05, 0.1) is 0 Å². The maximum Gasteiger partial charge on any atom is -0.0249 e. The van der Waals surface area contributed by atoms with Crippen molar-refractivity contribution in [3.05, 3.63) is 0 Å². The molecule has 0 rings (SSSR count). The van der Waals surface area contributed by atoms with Gasteiger partial charge in [0.15, 0.2) is 0 Å². The second-order valence-corrected chi connectivity index (χ2v) is 7.55. The monoisotopic (exact) mass is 268 g/mol. The third-order valence-electron chi connectivity index (χ3n) is 5.06. The van der Waals surface area contributed by atoms with E-state index in [-0.39, 0.29) is 0 Å². The first-order valence-corrected chi connectivity index (χ1v) is 8.93. The molecule has 0 unspecified atom stereocenters. The van der Waals surface area contributed by atoms with Gasteiger partial charge < -0.3 is 0 Å². The molecule has 0 radical (unpaired) electrons. The zero-order chi connectivity index (χ0) is 14.8. The zero-order valence-electron chi connectivity index (χ0n) is 14.8. The van der Waals surface area contributed by atoms with Gasteiger partial charge in [-0.05, 0) is 30.1 Å². The van der Waals surface area contributed by atoms with Gasteiger partial charge >= 0.3 is 0 Å². The molecule has 0 aromatic heterocycles. The van der Waals surface area contributed by atoms with Crippen LogP contribution < -0.4 is 0 Å². The second-order valence-electron chi connectivity index (χ2n) is 7.55. The Morgan fingerprint density at radius 1 is 0.526 bits per heavy atom. The average Bonchev–Trinajstić information content (AvgIpc) is 2.32. The van der Waals surface area contributed by atoms with Gasteiger partial charge in [0, 0.05) is 0 Å². The highest BCUT2D eigenvalue weighted by Gasteiger charge is 2.39. The van der Waals surface area contributed by atoms with E-state index in [0.717, 1.165) is 0 Å². The van der Waals surface area contributed by atoms with Gasteiger partial charge in [0.25, 0.3) is 0 Å². The molecular weight excluding hydrogens is 228 g/mol. The van der Waals surface area contributed by atoms with Crippen LogP contribution >= 0.6 is 0 Å². The van der Waals surface area contributed by atoms with Crippen LogP contribution in [-0.2, 0) is 0 Å². The van der Waals surface area contributed by atoms with E-state index in [1.165, 1.54) is 70.6 Å². The standard InChI is InChI=1S/C19H40/c1-7-10-11-12-13-14-17-19(15-8-2,16-9-3)18(4,5)6/h7-17H2,1-6H3. The molecule has 0 bridgehead atoms. The van der Waals surface area contributed by atoms with Gasteiger partial charge in [-0.15, -0.1) is 0 Å². The van der Waals surface area contributed by atoms with Crippen molar-refractivity contribution < 1.29 is 0 Å². The Morgan fingerprint density at radius 3 is 1.42 bits per heavy atom. The van der Waals surface area contributed by atoms with Crippen LogP contribution in [0.4, 0.5) is 0 Å². The van der Waals surface area contributed by atoms with E-state index in [1.54, 1.807) is 0 Å². The van der Waals surface area contributed by atoms with E-state index >= 15 is 0 Å². The third-order valence-corrected chi connectivity index (χ3v) is 5.06. The number of hydrogen-bond acceptors (Lipinski definition) is 0. The maximum atomic E-state index is 2.47. The van der Waals surface area contributed by atoms with Crippen LogP contribution in [0.5, 0.6) is 0 Å². The number of hydrogen-bond donors (Lipinski definition) is 0. The smallest absolute Gasteiger partial charge is 0.0249 e. The Labute approximate surface area is 123 Å². The molecule has 0 aliphatic heterocycles. The summed E-state index contributed by atoms with van der Waals surface area (Å²) in [4.78, 5) is 0. The van der Waals surface area contributed by atoms with Crippen LogP contribution in [0.25, 0.3) is 0 Å². The molecule has 0 amide bonds. The van der Waals surface area contributed by atoms with Crippen LogP contribution in [0.15, 0.2) is 0 Å². The van der Waals surface area contributed by atoms with Crippen molar-refractivity contribution >= 4 is 0 Å². The lowest BCUT2D eigenvalue weighted by molar-refractivity contribution is 0.0470. The van der Waals surface area contributed by atoms with Crippen molar-refractivity contribution in [2.75, 3.05) is 0 Å². The normalized spacial score (nSPS) is 12.9. The fraction of sp³-hybridized carbons (Fsp3) is 1.00. The predicted octanol–water partition coefficient (Wildman–Crippen LogP) is 7.37. The van der Waals surface area contributed by atoms with E-state index in [2.05, 4.69) is 41.5 Å². The lowest BCUT2D eigenvalue weighted by Gasteiger charge is -2.46. The van der Waals surface area contributed by atoms with E-state index < -0.39 is 0 Å². The summed E-state index contributed by atoms with van der Waals surface area (Å²) in [6.07, 6.45) is 15.5. The minimum absolute atomic E-state index is 0.461. The summed E-state index contributed by atoms with van der Waals surface area (Å²) in [6.45, 7) is 14.4. The summed E-state index contributed by atoms with van der Waals surface area (Å²) in [7, 11) is 0. The highest BCUT2D eigenvalue weighted by atomic mass is 14.4. The SMILES string of the molecule is CCCCCCCCC(CCC)(CCC)C(C)(C)C. The molecule has 0 saturated carbocycles. The molecule has 0 saturated heterocycles. The van der Waals surface area contributed by atoms with E-state index in [9.17, 15) is 0 Å². The number of rotatable bonds is 11. The molecule has 0 spiro atoms. The molecule has 0 aliphatic carbocycles. The van der Waals surface area contributed by atoms with E-state index in [1.807, 2.05) is 0 Å². The zero-order valence-corrected chi connectivity index (χ0v) is 14.8. The molecule has 0 aromatic rings. The van der Waals surface area contributed by atoms with E-state index in [0.29, 0.717) is 10.8 Å². The lowest BCUT2D eigenvalue weighted by atomic mass is 9.59. The largest absolute Gasteiger partial charge is 0.0654 e. The molecule has 0 heterocycles. The van der Waals surface area contributed by atoms with Gasteiger partial charge in [-0.1, -0.05) is 92.9 Å². The van der Waals surface area contributed by atoms with Crippen molar-refractivity contribution in [3.8, 4) is 0 Å². The Hall–Kier alpha value is 0. The summed E-state index contributed by atoms with van der Waals surface area (Å²) in [5, 5.41) is 0. The first kappa shape index (κ1) is 19.0. The highest BCUT2D eigenvalue weighted by Crippen LogP contribution is 2.50. The molecule has 19 heavy (non-hydrogen) atoms. The summed E-state index contributed by atoms with van der Waals surface area (Å²) in [5.74, 6) is 0. The molecule has 116 valence electrons. The Bertz CT molecular complexity index is 191. The summed E-state index contributed by atoms with van der Waals surface area (Å²) < 4.78 is 0. The molecule has 0 aliphatic rings. The molecule has 0 N–H and O–H groups in total. The van der Waals surface area contributed by atoms with Crippen LogP contribution in [-0.4, -0.2) is 0 Å². The fourth-order valence-electron chi connectivity index (χ4n) is 3.70. The lowest BCUT2D eigenvalue weighted by Crippen LogP contribution is -2.35. The minimum atomic E-state index is 0.461. The van der Waals surface area contributed by atoms with Gasteiger partial charge in [0.1, 0.15) is 0 Å². The van der Waals surface area contributed by atoms with Gasteiger partial charge in [0.2, 0.25) is 0 Å². The summed E-state index contributed by atoms with van der Waals surface area (Å²) in [6, 6.07) is 0. The quantitative estimate of drug-likeness (QED) is 0.343. The first-order chi connectivity index (χ1) is 8.93. The fourth-order valence-corrected chi connectivity index (χ4v) is 3.70. The predicted molar refractivity (Wildman–Crippen MR) is 89.7 cm³/mol. The summed E-state index contributed by atoms with van der Waals surface area (Å²) >= 11 is 0. The average molecular weight is 269 g/mol. The van der Waals surface area contributed by atoms with Gasteiger partial charge in [-0.2, -0.15) is 0 Å². The van der Waals surface area contributed by atoms with Crippen molar-refractivity contribution in [2.24, 2.45) is 10.8 Å². The van der Waals surface area contributed by atoms with Crippen LogP contribution in [0.3, 0.4) is 0 Å². The van der Waals surface area contributed by atoms with E-state index in [4.69, 9.17) is 0 Å². The van der Waals surface area contributed by atoms with Crippen molar-refractivity contribution in [1.82, 2.24) is 0 Å². The molecule has 0 heteroatoms. The second kappa shape index (κ2) is 9.83. The molecule has 0 nitrogen and oxygen atoms in total. The number of unbranched alkanes of at least 4 members (excludes halogenated alkanes) is 5. The maximum absolute atomic E-state index is 2.47. The first-order valence-electron chi connectivity index (χ1n) is 8.93. The van der Waals surface area contributed by atoms with Crippen LogP contribution in [0, 0.1) is 10.8 Å². The molecule has 0 fully saturated rings. The van der Waals surface area contributed by atoms with Crippen molar-refractivity contribution in [3.63, 3.8) is 0 Å². The Kier molecular flexibility index (Phi) is 9.83. The van der Waals surface area contributed by atoms with Crippen LogP contribution in [0.2, 0.25) is 0 Å². The molecular formula is C19H40. The topological polar surface area (TPSA) is 0 Å². The van der Waals surface area contributed by atoms with Crippen molar-refractivity contribution in [1.29, 1.82) is 0 Å². The Balaban J connectivity index is 4.33. The Morgan fingerprint density at radius 2 is 1.00 bits per heavy atom. The van der Waals surface area contributed by atoms with Crippen LogP contribution in [0.1, 0.15) is 112 Å². The van der Waals surface area contributed by atoms with Gasteiger partial charge in [-0.3, -0.25) is 0 Å². The minimum Gasteiger partial charge on any atom is -0.0654 e. The third kappa shape index (κ3) is 6.82. The molecule has 0 aromatic carbocycles. The van der Waals surface area contributed by atoms with Crippen molar-refractivity contribution in [2.45, 2.75) is 112 Å². The summed E-state index contributed by atoms with van der Waals surface area (Å²) in [5.41, 5.74) is 1.05. The highest BCUT2D eigenvalue weighted by molar-refractivity contribution is 4.89. The molecule has 0 atom stereocenters.